The zero-order valence-corrected chi connectivity index (χ0v) is 12.4. The van der Waals surface area contributed by atoms with Gasteiger partial charge in [-0.3, -0.25) is 0 Å². The van der Waals surface area contributed by atoms with Crippen LogP contribution in [-0.2, 0) is 4.79 Å². The molecule has 0 radical (unpaired) electrons. The molecule has 0 aliphatic rings. The van der Waals surface area contributed by atoms with E-state index in [1.54, 1.807) is 0 Å². The number of carbonyl (C=O) groups excluding carboxylic acids is 1. The molecule has 0 unspecified atom stereocenters. The Hall–Kier alpha value is -0.862. The van der Waals surface area contributed by atoms with Crippen LogP contribution < -0.4 is 15.9 Å². The van der Waals surface area contributed by atoms with Crippen molar-refractivity contribution in [1.29, 1.82) is 0 Å². The van der Waals surface area contributed by atoms with Crippen molar-refractivity contribution >= 4 is 28.5 Å². The van der Waals surface area contributed by atoms with Crippen LogP contribution in [0.15, 0.2) is 91.0 Å². The van der Waals surface area contributed by atoms with E-state index in [0.29, 0.717) is 0 Å². The molecular formula is C19H17OPRa. The molecule has 22 heavy (non-hydrogen) atoms. The van der Waals surface area contributed by atoms with Crippen LogP contribution in [0.5, 0.6) is 0 Å². The molecule has 0 amide bonds. The van der Waals surface area contributed by atoms with Crippen LogP contribution in [0.1, 0.15) is 0 Å². The van der Waals surface area contributed by atoms with Gasteiger partial charge in [0.05, 0.1) is 6.89 Å². The summed E-state index contributed by atoms with van der Waals surface area (Å²) in [5.41, 5.74) is 2.43. The van der Waals surface area contributed by atoms with E-state index in [4.69, 9.17) is 0 Å². The van der Waals surface area contributed by atoms with E-state index in [-0.39, 0.29) is 45.0 Å². The van der Waals surface area contributed by atoms with Gasteiger partial charge in [-0.2, -0.15) is 0 Å². The molecule has 0 N–H and O–H groups in total. The van der Waals surface area contributed by atoms with Crippen LogP contribution >= 0.6 is 6.89 Å². The predicted molar refractivity (Wildman–Crippen MR) is 93.6 cm³/mol. The van der Waals surface area contributed by atoms with Crippen molar-refractivity contribution in [1.82, 2.24) is 0 Å². The van der Waals surface area contributed by atoms with Crippen molar-refractivity contribution in [3.63, 3.8) is 0 Å². The van der Waals surface area contributed by atoms with Crippen molar-refractivity contribution in [2.45, 2.75) is 0 Å². The van der Waals surface area contributed by atoms with Crippen molar-refractivity contribution < 1.29 is 49.8 Å². The van der Waals surface area contributed by atoms with Crippen LogP contribution in [0.4, 0.5) is 0 Å². The number of hydrogen-bond donors (Lipinski definition) is 0. The maximum atomic E-state index is 12.2. The Morgan fingerprint density at radius 1 is 0.545 bits per heavy atom. The molecule has 1 nitrogen and oxygen atoms in total. The third-order valence-corrected chi connectivity index (χ3v) is 7.06. The monoisotopic (exact) mass is 518 g/mol. The van der Waals surface area contributed by atoms with E-state index in [1.807, 2.05) is 91.0 Å². The molecule has 0 saturated carbocycles. The number of hydrogen-bond acceptors (Lipinski definition) is 1. The average molecular weight is 518 g/mol. The van der Waals surface area contributed by atoms with Gasteiger partial charge >= 0.3 is 45.0 Å². The Balaban J connectivity index is 0.00000176. The molecule has 3 aromatic rings. The van der Waals surface area contributed by atoms with Crippen LogP contribution in [0.25, 0.3) is 0 Å². The van der Waals surface area contributed by atoms with E-state index in [2.05, 4.69) is 5.66 Å². The maximum absolute atomic E-state index is 12.2. The molecule has 3 heteroatoms. The van der Waals surface area contributed by atoms with Crippen molar-refractivity contribution in [3.05, 3.63) is 91.0 Å². The molecular weight excluding hydrogens is 501 g/mol. The van der Waals surface area contributed by atoms with Gasteiger partial charge < -0.3 is 0 Å². The second kappa shape index (κ2) is 8.12. The summed E-state index contributed by atoms with van der Waals surface area (Å²) in [7, 11) is 0. The Kier molecular flexibility index (Phi) is 6.46. The molecule has 0 aromatic heterocycles. The van der Waals surface area contributed by atoms with Crippen LogP contribution in [0, 0.1) is 45.0 Å². The zero-order chi connectivity index (χ0) is 14.5. The fourth-order valence-corrected chi connectivity index (χ4v) is 5.63. The van der Waals surface area contributed by atoms with Gasteiger partial charge in [0.2, 0.25) is 0 Å². The molecule has 3 rings (SSSR count). The third-order valence-electron chi connectivity index (χ3n) is 3.57. The zero-order valence-electron chi connectivity index (χ0n) is 11.5. The number of benzene rings is 3. The van der Waals surface area contributed by atoms with Gasteiger partial charge in [-0.1, -0.05) is 91.0 Å². The third kappa shape index (κ3) is 3.23. The van der Waals surface area contributed by atoms with Crippen LogP contribution in [0.2, 0.25) is 0 Å². The van der Waals surface area contributed by atoms with E-state index in [9.17, 15) is 4.79 Å². The van der Waals surface area contributed by atoms with E-state index in [1.165, 1.54) is 0 Å². The molecule has 0 spiro atoms. The first-order chi connectivity index (χ1) is 10.4. The van der Waals surface area contributed by atoms with E-state index in [0.717, 1.165) is 15.9 Å². The summed E-state index contributed by atoms with van der Waals surface area (Å²) in [4.78, 5) is 12.2. The average Bonchev–Trinajstić information content (AvgIpc) is 2.59. The Morgan fingerprint density at radius 2 is 0.818 bits per heavy atom. The van der Waals surface area contributed by atoms with Gasteiger partial charge in [-0.05, 0) is 15.9 Å². The fourth-order valence-electron chi connectivity index (χ4n) is 2.56. The second-order valence-corrected chi connectivity index (χ2v) is 7.84. The van der Waals surface area contributed by atoms with Crippen LogP contribution in [-0.4, -0.2) is 5.66 Å². The molecule has 106 valence electrons. The summed E-state index contributed by atoms with van der Waals surface area (Å²) in [6.07, 6.45) is 0. The molecule has 0 aliphatic carbocycles. The summed E-state index contributed by atoms with van der Waals surface area (Å²) in [6, 6.07) is 29.9. The molecule has 0 atom stereocenters. The standard InChI is InChI=1S/C19H15OP.Ra.2H/c20-16-21(17-10-4-1-5-11-17,18-12-6-2-7-13-18)19-14-8-3-9-15-19;;;/h1-15H;;;. The van der Waals surface area contributed by atoms with Gasteiger partial charge in [0.25, 0.3) is 0 Å². The molecule has 0 aliphatic heterocycles. The molecule has 0 saturated heterocycles. The molecule has 0 bridgehead atoms. The first kappa shape index (κ1) is 17.5. The molecule has 0 fully saturated rings. The Bertz CT molecular complexity index is 691. The van der Waals surface area contributed by atoms with Gasteiger partial charge in [0.1, 0.15) is 5.66 Å². The topological polar surface area (TPSA) is 17.1 Å². The Morgan fingerprint density at radius 3 is 1.05 bits per heavy atom. The minimum atomic E-state index is -2.34. The SMILES string of the molecule is O=C=P(c1ccccc1)(c1ccccc1)c1ccccc1.[RaH2]. The number of rotatable bonds is 3. The Labute approximate surface area is 167 Å². The van der Waals surface area contributed by atoms with E-state index >= 15 is 0 Å². The summed E-state index contributed by atoms with van der Waals surface area (Å²) < 4.78 is 0. The van der Waals surface area contributed by atoms with Gasteiger partial charge in [0, 0.05) is 0 Å². The summed E-state index contributed by atoms with van der Waals surface area (Å²) in [5, 5.41) is 3.12. The predicted octanol–water partition coefficient (Wildman–Crippen LogP) is 2.51. The van der Waals surface area contributed by atoms with Crippen molar-refractivity contribution in [3.8, 4) is 0 Å². The summed E-state index contributed by atoms with van der Waals surface area (Å²) in [5.74, 6) is 0. The fraction of sp³-hybridized carbons (Fsp3) is 0. The van der Waals surface area contributed by atoms with E-state index < -0.39 is 6.89 Å². The van der Waals surface area contributed by atoms with Gasteiger partial charge in [0.15, 0.2) is 0 Å². The minimum absolute atomic E-state index is 0. The summed E-state index contributed by atoms with van der Waals surface area (Å²) >= 11 is 0. The first-order valence-corrected chi connectivity index (χ1v) is 8.62. The molecule has 3 aromatic carbocycles. The molecule has 0 heterocycles. The van der Waals surface area contributed by atoms with Crippen molar-refractivity contribution in [2.75, 3.05) is 0 Å². The van der Waals surface area contributed by atoms with Gasteiger partial charge in [-0.25, -0.2) is 4.79 Å². The van der Waals surface area contributed by atoms with Gasteiger partial charge in [-0.15, -0.1) is 0 Å². The second-order valence-electron chi connectivity index (χ2n) is 4.77. The summed E-state index contributed by atoms with van der Waals surface area (Å²) in [6.45, 7) is -2.34. The normalized spacial score (nSPS) is 10.4. The quantitative estimate of drug-likeness (QED) is 0.488. The van der Waals surface area contributed by atoms with Crippen LogP contribution in [0.3, 0.4) is 0 Å². The van der Waals surface area contributed by atoms with Crippen molar-refractivity contribution in [2.24, 2.45) is 0 Å². The first-order valence-electron chi connectivity index (χ1n) is 6.83.